The van der Waals surface area contributed by atoms with E-state index in [9.17, 15) is 22.8 Å². The topological polar surface area (TPSA) is 204 Å². The van der Waals surface area contributed by atoms with Gasteiger partial charge in [-0.1, -0.05) is 51.8 Å². The number of methoxy groups -OCH3 is 1. The number of aromatic nitrogens is 1. The van der Waals surface area contributed by atoms with Crippen LogP contribution in [-0.4, -0.2) is 141 Å². The third-order valence-corrected chi connectivity index (χ3v) is 17.0. The van der Waals surface area contributed by atoms with Gasteiger partial charge in [0.2, 0.25) is 27.7 Å². The molecule has 3 saturated carbocycles. The van der Waals surface area contributed by atoms with E-state index >= 15 is 4.79 Å². The molecule has 8 rings (SSSR count). The van der Waals surface area contributed by atoms with E-state index in [4.69, 9.17) is 28.7 Å². The summed E-state index contributed by atoms with van der Waals surface area (Å²) >= 11 is 0. The molecule has 2 bridgehead atoms. The number of alkyl carbamates (subject to hydrolysis) is 1. The fourth-order valence-corrected chi connectivity index (χ4v) is 11.8. The molecule has 4 amide bonds. The molecule has 3 aliphatic carbocycles. The molecular weight excluding hydrogens is 869 g/mol. The van der Waals surface area contributed by atoms with E-state index in [0.29, 0.717) is 75.6 Å². The minimum atomic E-state index is -4.18. The number of ether oxygens (including phenoxy) is 5. The Hall–Kier alpha value is -4.52. The number of fused-ring (bicyclic) bond motifs is 5. The number of morpholine rings is 1. The number of hydrogen-bond donors (Lipinski definition) is 3. The Balaban J connectivity index is 1.14. The first kappa shape index (κ1) is 48.0. The number of nitrogens with zero attached hydrogens (tertiary/aromatic N) is 3. The average molecular weight is 937 g/mol. The minimum absolute atomic E-state index is 0.00546. The van der Waals surface area contributed by atoms with Crippen molar-refractivity contribution < 1.29 is 51.3 Å². The Labute approximate surface area is 388 Å². The first-order valence-corrected chi connectivity index (χ1v) is 25.2. The standard InChI is InChI=1S/C48H68N6O11S/c1-7-31-17-18-48(31,43(57)52-66(59,60)47(19-20-47)30-61-6)51-40(55)37-27-33-29-54(37)42(56)39(45(2,3)4)50-44(58)65-46(5)28-32(46)13-9-8-10-15-35-38(63-26-23-53-21-24-62-25-22-53)34-14-11-12-16-36(34)49-41(35)64-33/h7,11-12,14,16,31-33,37,39H,1,8-10,13,15,17-30H2,2-6H3,(H,50,58)(H,51,55)(H,52,57). The molecule has 6 aliphatic rings. The van der Waals surface area contributed by atoms with Crippen LogP contribution < -0.4 is 24.8 Å². The van der Waals surface area contributed by atoms with Crippen molar-refractivity contribution in [1.82, 2.24) is 30.1 Å². The molecule has 0 spiro atoms. The highest BCUT2D eigenvalue weighted by molar-refractivity contribution is 7.91. The first-order valence-electron chi connectivity index (χ1n) is 23.7. The monoisotopic (exact) mass is 936 g/mol. The number of pyridine rings is 1. The van der Waals surface area contributed by atoms with Crippen LogP contribution in [0.3, 0.4) is 0 Å². The highest BCUT2D eigenvalue weighted by Gasteiger charge is 2.60. The molecule has 362 valence electrons. The summed E-state index contributed by atoms with van der Waals surface area (Å²) in [6.45, 7) is 15.3. The smallest absolute Gasteiger partial charge is 0.408 e. The number of hydrogen-bond acceptors (Lipinski definition) is 13. The Morgan fingerprint density at radius 1 is 1.08 bits per heavy atom. The van der Waals surface area contributed by atoms with E-state index in [-0.39, 0.29) is 31.9 Å². The quantitative estimate of drug-likeness (QED) is 0.253. The van der Waals surface area contributed by atoms with Crippen molar-refractivity contribution in [2.24, 2.45) is 17.3 Å². The zero-order valence-electron chi connectivity index (χ0n) is 39.2. The van der Waals surface area contributed by atoms with Crippen molar-refractivity contribution in [3.8, 4) is 11.6 Å². The third kappa shape index (κ3) is 9.74. The van der Waals surface area contributed by atoms with Crippen LogP contribution in [0.15, 0.2) is 36.9 Å². The van der Waals surface area contributed by atoms with Crippen molar-refractivity contribution >= 4 is 44.7 Å². The highest BCUT2D eigenvalue weighted by Crippen LogP contribution is 2.50. The van der Waals surface area contributed by atoms with Crippen molar-refractivity contribution in [2.45, 2.75) is 132 Å². The van der Waals surface area contributed by atoms with Gasteiger partial charge >= 0.3 is 6.09 Å². The summed E-state index contributed by atoms with van der Waals surface area (Å²) in [4.78, 5) is 66.6. The van der Waals surface area contributed by atoms with E-state index < -0.39 is 79.2 Å². The maximum absolute atomic E-state index is 15.1. The number of carbonyl (C=O) groups is 4. The lowest BCUT2D eigenvalue weighted by Crippen LogP contribution is -2.70. The van der Waals surface area contributed by atoms with Gasteiger partial charge < -0.3 is 39.2 Å². The molecule has 0 radical (unpaired) electrons. The lowest BCUT2D eigenvalue weighted by molar-refractivity contribution is -0.145. The van der Waals surface area contributed by atoms with Gasteiger partial charge in [-0.15, -0.1) is 6.58 Å². The minimum Gasteiger partial charge on any atom is -0.491 e. The molecule has 66 heavy (non-hydrogen) atoms. The van der Waals surface area contributed by atoms with E-state index in [1.165, 1.54) is 12.0 Å². The average Bonchev–Trinajstić information content (AvgIpc) is 4.14. The second-order valence-corrected chi connectivity index (χ2v) is 22.6. The predicted molar refractivity (Wildman–Crippen MR) is 245 cm³/mol. The Morgan fingerprint density at radius 3 is 2.52 bits per heavy atom. The van der Waals surface area contributed by atoms with Crippen LogP contribution in [0.4, 0.5) is 4.79 Å². The molecule has 18 heteroatoms. The molecule has 1 aromatic heterocycles. The molecule has 3 N–H and O–H groups in total. The summed E-state index contributed by atoms with van der Waals surface area (Å²) in [5, 5.41) is 6.66. The van der Waals surface area contributed by atoms with Crippen molar-refractivity contribution in [2.75, 3.05) is 59.7 Å². The van der Waals surface area contributed by atoms with Crippen LogP contribution >= 0.6 is 0 Å². The largest absolute Gasteiger partial charge is 0.491 e. The van der Waals surface area contributed by atoms with Gasteiger partial charge in [0.25, 0.3) is 5.91 Å². The van der Waals surface area contributed by atoms with Gasteiger partial charge in [-0.25, -0.2) is 18.2 Å². The number of benzene rings is 1. The number of carbonyl (C=O) groups excluding carboxylic acids is 4. The molecule has 7 unspecified atom stereocenters. The molecule has 17 nitrogen and oxygen atoms in total. The summed E-state index contributed by atoms with van der Waals surface area (Å²) < 4.78 is 58.7. The third-order valence-electron chi connectivity index (χ3n) is 14.9. The number of amides is 4. The Kier molecular flexibility index (Phi) is 13.7. The zero-order chi connectivity index (χ0) is 47.1. The summed E-state index contributed by atoms with van der Waals surface area (Å²) in [6, 6.07) is 5.46. The van der Waals surface area contributed by atoms with Gasteiger partial charge in [-0.05, 0) is 75.8 Å². The second-order valence-electron chi connectivity index (χ2n) is 20.6. The number of nitrogens with one attached hydrogen (secondary N) is 3. The molecule has 7 atom stereocenters. The zero-order valence-corrected chi connectivity index (χ0v) is 40.0. The predicted octanol–water partition coefficient (Wildman–Crippen LogP) is 4.41. The second kappa shape index (κ2) is 18.9. The number of rotatable bonds is 12. The summed E-state index contributed by atoms with van der Waals surface area (Å²) in [6.07, 6.45) is 6.21. The fourth-order valence-electron chi connectivity index (χ4n) is 10.3. The van der Waals surface area contributed by atoms with Crippen molar-refractivity contribution in [3.05, 3.63) is 42.5 Å². The van der Waals surface area contributed by atoms with Crippen LogP contribution in [0.2, 0.25) is 0 Å². The van der Waals surface area contributed by atoms with Gasteiger partial charge in [0.05, 0.1) is 37.4 Å². The Morgan fingerprint density at radius 2 is 1.83 bits per heavy atom. The van der Waals surface area contributed by atoms with E-state index in [2.05, 4.69) is 26.8 Å². The van der Waals surface area contributed by atoms with Gasteiger partial charge in [0, 0.05) is 50.4 Å². The SMILES string of the molecule is C=CC1CCC1(NC(=O)C1CC2CN1C(=O)C(C(C)(C)C)NC(=O)OC1(C)CC1CCCCCc1c(nc3ccccc3c1OCCN1CCOCC1)O2)C(=O)NS(=O)(=O)C1(COC)CC1. The summed E-state index contributed by atoms with van der Waals surface area (Å²) in [7, 11) is -2.78. The van der Waals surface area contributed by atoms with Crippen LogP contribution in [0.5, 0.6) is 11.6 Å². The Bertz CT molecular complexity index is 2290. The highest BCUT2D eigenvalue weighted by atomic mass is 32.2. The lowest BCUT2D eigenvalue weighted by Gasteiger charge is -2.47. The van der Waals surface area contributed by atoms with Crippen molar-refractivity contribution in [3.63, 3.8) is 0 Å². The fraction of sp³-hybridized carbons (Fsp3) is 0.688. The maximum atomic E-state index is 15.1. The van der Waals surface area contributed by atoms with E-state index in [0.717, 1.165) is 49.7 Å². The molecule has 3 aliphatic heterocycles. The molecule has 2 aromatic rings. The van der Waals surface area contributed by atoms with Crippen LogP contribution in [0, 0.1) is 17.3 Å². The normalized spacial score (nSPS) is 30.4. The molecular formula is C48H68N6O11S. The van der Waals surface area contributed by atoms with Crippen molar-refractivity contribution in [1.29, 1.82) is 0 Å². The van der Waals surface area contributed by atoms with E-state index in [1.54, 1.807) is 6.08 Å². The maximum Gasteiger partial charge on any atom is 0.408 e. The van der Waals surface area contributed by atoms with Gasteiger partial charge in [0.1, 0.15) is 46.4 Å². The summed E-state index contributed by atoms with van der Waals surface area (Å²) in [5.41, 5.74) is -1.67. The molecule has 4 heterocycles. The van der Waals surface area contributed by atoms with Crippen LogP contribution in [-0.2, 0) is 45.0 Å². The van der Waals surface area contributed by atoms with E-state index in [1.807, 2.05) is 52.0 Å². The van der Waals surface area contributed by atoms with Gasteiger partial charge in [-0.3, -0.25) is 24.0 Å². The summed E-state index contributed by atoms with van der Waals surface area (Å²) in [5.74, 6) is -1.43. The lowest BCUT2D eigenvalue weighted by atomic mass is 9.66. The van der Waals surface area contributed by atoms with Crippen LogP contribution in [0.1, 0.15) is 97.5 Å². The molecule has 2 saturated heterocycles. The molecule has 1 aromatic carbocycles. The molecule has 5 fully saturated rings. The number of sulfonamides is 1. The number of para-hydroxylation sites is 1. The first-order chi connectivity index (χ1) is 31.4. The van der Waals surface area contributed by atoms with Crippen LogP contribution in [0.25, 0.3) is 10.9 Å². The van der Waals surface area contributed by atoms with Gasteiger partial charge in [0.15, 0.2) is 0 Å². The van der Waals surface area contributed by atoms with Gasteiger partial charge in [-0.2, -0.15) is 0 Å².